The van der Waals surface area contributed by atoms with Crippen LogP contribution in [0.3, 0.4) is 0 Å². The zero-order valence-corrected chi connectivity index (χ0v) is 17.6. The molecular weight excluding hydrogens is 376 g/mol. The molecule has 152 valence electrons. The zero-order valence-electron chi connectivity index (χ0n) is 17.6. The summed E-state index contributed by atoms with van der Waals surface area (Å²) in [6.07, 6.45) is 0. The summed E-state index contributed by atoms with van der Waals surface area (Å²) in [5, 5.41) is 11.6. The van der Waals surface area contributed by atoms with E-state index >= 15 is 0 Å². The lowest BCUT2D eigenvalue weighted by molar-refractivity contribution is 0.0697. The van der Waals surface area contributed by atoms with Gasteiger partial charge in [-0.25, -0.2) is 4.79 Å². The number of hydrogen-bond acceptors (Lipinski definition) is 4. The van der Waals surface area contributed by atoms with E-state index in [1.165, 1.54) is 0 Å². The van der Waals surface area contributed by atoms with Crippen molar-refractivity contribution in [3.05, 3.63) is 71.1 Å². The van der Waals surface area contributed by atoms with Gasteiger partial charge in [-0.15, -0.1) is 0 Å². The molecule has 0 spiro atoms. The van der Waals surface area contributed by atoms with E-state index in [1.807, 2.05) is 81.4 Å². The van der Waals surface area contributed by atoms with E-state index in [2.05, 4.69) is 4.99 Å². The number of hydrogen-bond donors (Lipinski definition) is 1. The smallest absolute Gasteiger partial charge is 0.336 e. The van der Waals surface area contributed by atoms with Crippen molar-refractivity contribution in [1.29, 1.82) is 0 Å². The van der Waals surface area contributed by atoms with Crippen LogP contribution in [0.2, 0.25) is 0 Å². The van der Waals surface area contributed by atoms with Gasteiger partial charge < -0.3 is 14.4 Å². The number of anilines is 1. The second kappa shape index (κ2) is 7.67. The van der Waals surface area contributed by atoms with E-state index in [0.717, 1.165) is 33.1 Å². The molecule has 0 aromatic heterocycles. The minimum Gasteiger partial charge on any atom is -0.478 e. The van der Waals surface area contributed by atoms with Crippen LogP contribution in [0.1, 0.15) is 22.8 Å². The fourth-order valence-electron chi connectivity index (χ4n) is 3.77. The van der Waals surface area contributed by atoms with Crippen LogP contribution >= 0.6 is 0 Å². The van der Waals surface area contributed by atoms with Crippen LogP contribution in [0.5, 0.6) is 0 Å². The molecule has 5 nitrogen and oxygen atoms in total. The second-order valence-corrected chi connectivity index (χ2v) is 7.56. The lowest BCUT2D eigenvalue weighted by Crippen LogP contribution is -2.08. The maximum Gasteiger partial charge on any atom is 0.336 e. The van der Waals surface area contributed by atoms with Gasteiger partial charge in [-0.05, 0) is 49.7 Å². The number of aromatic carboxylic acids is 1. The third-order valence-electron chi connectivity index (χ3n) is 5.22. The first kappa shape index (κ1) is 19.7. The lowest BCUT2D eigenvalue weighted by atomic mass is 9.90. The molecule has 0 unspecified atom stereocenters. The van der Waals surface area contributed by atoms with Crippen LogP contribution in [0.4, 0.5) is 5.69 Å². The van der Waals surface area contributed by atoms with Gasteiger partial charge in [-0.2, -0.15) is 0 Å². The molecule has 4 rings (SSSR count). The van der Waals surface area contributed by atoms with Crippen LogP contribution in [0.25, 0.3) is 33.4 Å². The highest BCUT2D eigenvalue weighted by Gasteiger charge is 2.21. The number of benzene rings is 3. The predicted octanol–water partition coefficient (Wildman–Crippen LogP) is 5.20. The molecule has 2 aromatic rings. The predicted molar refractivity (Wildman–Crippen MR) is 120 cm³/mol. The summed E-state index contributed by atoms with van der Waals surface area (Å²) in [7, 11) is 3.95. The summed E-state index contributed by atoms with van der Waals surface area (Å²) in [6.45, 7) is 4.56. The number of aryl methyl sites for hydroxylation is 1. The molecule has 30 heavy (non-hydrogen) atoms. The number of carboxylic acids is 1. The summed E-state index contributed by atoms with van der Waals surface area (Å²) in [6, 6.07) is 17.4. The summed E-state index contributed by atoms with van der Waals surface area (Å²) in [5.41, 5.74) is 5.30. The Morgan fingerprint density at radius 2 is 1.80 bits per heavy atom. The Morgan fingerprint density at radius 1 is 1.03 bits per heavy atom. The Kier molecular flexibility index (Phi) is 5.04. The molecule has 0 saturated carbocycles. The molecule has 5 heteroatoms. The fourth-order valence-corrected chi connectivity index (χ4v) is 3.77. The standard InChI is InChI=1S/C25H24N2O3/c1-5-26-16-7-10-19-22(13-16)30-23-14-17(27(3)4)8-11-20(23)24(19)18-9-6-15(2)12-21(18)25(28)29/h6-14H,5H2,1-4H3,(H,28,29). The van der Waals surface area contributed by atoms with Gasteiger partial charge in [0, 0.05) is 55.0 Å². The van der Waals surface area contributed by atoms with Crippen LogP contribution in [0, 0.1) is 6.92 Å². The number of carbonyl (C=O) groups is 1. The van der Waals surface area contributed by atoms with Gasteiger partial charge in [0.2, 0.25) is 0 Å². The van der Waals surface area contributed by atoms with Gasteiger partial charge in [-0.3, -0.25) is 4.99 Å². The molecular formula is C25H24N2O3. The summed E-state index contributed by atoms with van der Waals surface area (Å²) >= 11 is 0. The van der Waals surface area contributed by atoms with Gasteiger partial charge in [0.15, 0.2) is 0 Å². The minimum atomic E-state index is -0.946. The molecule has 0 saturated heterocycles. The first-order valence-corrected chi connectivity index (χ1v) is 9.92. The van der Waals surface area contributed by atoms with Crippen molar-refractivity contribution < 1.29 is 14.3 Å². The zero-order chi connectivity index (χ0) is 21.4. The van der Waals surface area contributed by atoms with Crippen molar-refractivity contribution in [3.8, 4) is 22.5 Å². The normalized spacial score (nSPS) is 11.9. The highest BCUT2D eigenvalue weighted by atomic mass is 16.4. The maximum atomic E-state index is 12.1. The fraction of sp³-hybridized carbons (Fsp3) is 0.200. The Hall–Kier alpha value is -3.60. The second-order valence-electron chi connectivity index (χ2n) is 7.56. The van der Waals surface area contributed by atoms with E-state index in [0.29, 0.717) is 23.5 Å². The molecule has 0 fully saturated rings. The Morgan fingerprint density at radius 3 is 2.50 bits per heavy atom. The maximum absolute atomic E-state index is 12.1. The third-order valence-corrected chi connectivity index (χ3v) is 5.22. The molecule has 2 aromatic carbocycles. The van der Waals surface area contributed by atoms with Crippen molar-refractivity contribution in [3.63, 3.8) is 0 Å². The van der Waals surface area contributed by atoms with E-state index in [1.54, 1.807) is 6.07 Å². The van der Waals surface area contributed by atoms with Crippen molar-refractivity contribution in [2.45, 2.75) is 13.8 Å². The first-order valence-electron chi connectivity index (χ1n) is 9.92. The summed E-state index contributed by atoms with van der Waals surface area (Å²) in [4.78, 5) is 18.5. The van der Waals surface area contributed by atoms with Gasteiger partial charge >= 0.3 is 5.97 Å². The van der Waals surface area contributed by atoms with Crippen molar-refractivity contribution >= 4 is 22.6 Å². The van der Waals surface area contributed by atoms with Crippen LogP contribution in [0.15, 0.2) is 64.0 Å². The number of nitrogens with zero attached hydrogens (tertiary/aromatic N) is 2. The van der Waals surface area contributed by atoms with Crippen LogP contribution < -0.4 is 10.3 Å². The first-order chi connectivity index (χ1) is 14.4. The average molecular weight is 400 g/mol. The van der Waals surface area contributed by atoms with Gasteiger partial charge in [0.05, 0.1) is 10.9 Å². The molecule has 0 radical (unpaired) electrons. The molecule has 2 aliphatic rings. The summed E-state index contributed by atoms with van der Waals surface area (Å²) in [5.74, 6) is -0.265. The topological polar surface area (TPSA) is 66.0 Å². The number of fused-ring (bicyclic) bond motifs is 2. The van der Waals surface area contributed by atoms with E-state index in [9.17, 15) is 9.90 Å². The van der Waals surface area contributed by atoms with Gasteiger partial charge in [-0.1, -0.05) is 17.7 Å². The molecule has 1 aliphatic heterocycles. The van der Waals surface area contributed by atoms with Crippen molar-refractivity contribution in [1.82, 2.24) is 0 Å². The molecule has 1 aliphatic carbocycles. The highest BCUT2D eigenvalue weighted by Crippen LogP contribution is 2.42. The Balaban J connectivity index is 2.16. The van der Waals surface area contributed by atoms with Crippen molar-refractivity contribution in [2.75, 3.05) is 25.5 Å². The molecule has 0 bridgehead atoms. The van der Waals surface area contributed by atoms with Crippen LogP contribution in [-0.4, -0.2) is 31.7 Å². The van der Waals surface area contributed by atoms with E-state index in [-0.39, 0.29) is 5.56 Å². The average Bonchev–Trinajstić information content (AvgIpc) is 2.72. The molecule has 1 heterocycles. The van der Waals surface area contributed by atoms with E-state index < -0.39 is 5.97 Å². The van der Waals surface area contributed by atoms with Crippen molar-refractivity contribution in [2.24, 2.45) is 4.99 Å². The van der Waals surface area contributed by atoms with Gasteiger partial charge in [0.1, 0.15) is 11.3 Å². The quantitative estimate of drug-likeness (QED) is 0.478. The Bertz CT molecular complexity index is 1300. The minimum absolute atomic E-state index is 0.280. The molecule has 1 N–H and O–H groups in total. The van der Waals surface area contributed by atoms with E-state index in [4.69, 9.17) is 4.42 Å². The third kappa shape index (κ3) is 3.43. The SMILES string of the molecule is CCN=c1ccc2c(-c3ccc(C)cc3C(=O)O)c3ccc(N(C)C)cc3oc-2c1. The van der Waals surface area contributed by atoms with Gasteiger partial charge in [0.25, 0.3) is 0 Å². The monoisotopic (exact) mass is 400 g/mol. The Labute approximate surface area is 175 Å². The number of carboxylic acid groups (broad SMARTS) is 1. The number of rotatable bonds is 4. The largest absolute Gasteiger partial charge is 0.478 e. The van der Waals surface area contributed by atoms with Crippen LogP contribution in [-0.2, 0) is 0 Å². The molecule has 0 amide bonds. The summed E-state index contributed by atoms with van der Waals surface area (Å²) < 4.78 is 6.28. The molecule has 0 atom stereocenters. The highest BCUT2D eigenvalue weighted by molar-refractivity contribution is 6.07. The lowest BCUT2D eigenvalue weighted by Gasteiger charge is -2.19.